The number of benzene rings is 2. The van der Waals surface area contributed by atoms with E-state index in [0.29, 0.717) is 17.8 Å². The van der Waals surface area contributed by atoms with Crippen LogP contribution in [0.1, 0.15) is 15.9 Å². The molecule has 1 aliphatic heterocycles. The van der Waals surface area contributed by atoms with Gasteiger partial charge in [0, 0.05) is 51.0 Å². The molecule has 0 radical (unpaired) electrons. The number of rotatable bonds is 6. The third-order valence-electron chi connectivity index (χ3n) is 5.23. The van der Waals surface area contributed by atoms with Crippen molar-refractivity contribution in [3.8, 4) is 0 Å². The Hall–Kier alpha value is -2.58. The van der Waals surface area contributed by atoms with Gasteiger partial charge in [-0.3, -0.25) is 9.10 Å². The first kappa shape index (κ1) is 21.1. The summed E-state index contributed by atoms with van der Waals surface area (Å²) in [6.45, 7) is 4.57. The van der Waals surface area contributed by atoms with E-state index in [1.165, 1.54) is 12.7 Å². The molecular weight excluding hydrogens is 388 g/mol. The zero-order chi connectivity index (χ0) is 21.0. The molecule has 0 unspecified atom stereocenters. The van der Waals surface area contributed by atoms with Gasteiger partial charge in [0.15, 0.2) is 0 Å². The van der Waals surface area contributed by atoms with Gasteiger partial charge < -0.3 is 15.1 Å². The number of sulfonamides is 1. The third-order valence-corrected chi connectivity index (χ3v) is 6.43. The Morgan fingerprint density at radius 1 is 1.07 bits per heavy atom. The Balaban J connectivity index is 1.59. The van der Waals surface area contributed by atoms with Gasteiger partial charge in [-0.1, -0.05) is 18.2 Å². The fourth-order valence-electron chi connectivity index (χ4n) is 3.21. The highest BCUT2D eigenvalue weighted by molar-refractivity contribution is 7.92. The molecule has 0 aromatic heterocycles. The van der Waals surface area contributed by atoms with Gasteiger partial charge in [0.2, 0.25) is 10.0 Å². The number of carbonyl (C=O) groups excluding carboxylic acids is 1. The summed E-state index contributed by atoms with van der Waals surface area (Å²) in [4.78, 5) is 17.2. The van der Waals surface area contributed by atoms with Gasteiger partial charge in [0.1, 0.15) is 0 Å². The first-order chi connectivity index (χ1) is 13.7. The zero-order valence-corrected chi connectivity index (χ0v) is 17.9. The first-order valence-electron chi connectivity index (χ1n) is 9.58. The van der Waals surface area contributed by atoms with Crippen LogP contribution in [0, 0.1) is 0 Å². The standard InChI is InChI=1S/C21H28N4O3S/c1-23-11-13-25(14-12-23)19-9-7-17(8-10-19)16-22-21(26)18-5-4-6-20(15-18)24(2)29(3,27)28/h4-10,15H,11-14,16H2,1-3H3,(H,22,26). The zero-order valence-electron chi connectivity index (χ0n) is 17.1. The van der Waals surface area contributed by atoms with E-state index >= 15 is 0 Å². The van der Waals surface area contributed by atoms with Gasteiger partial charge in [0.05, 0.1) is 11.9 Å². The lowest BCUT2D eigenvalue weighted by Gasteiger charge is -2.34. The molecule has 156 valence electrons. The molecule has 2 aromatic rings. The fourth-order valence-corrected chi connectivity index (χ4v) is 3.70. The van der Waals surface area contributed by atoms with Crippen LogP contribution >= 0.6 is 0 Å². The molecule has 1 amide bonds. The lowest BCUT2D eigenvalue weighted by atomic mass is 10.1. The van der Waals surface area contributed by atoms with E-state index in [1.807, 2.05) is 12.1 Å². The highest BCUT2D eigenvalue weighted by atomic mass is 32.2. The number of nitrogens with one attached hydrogen (secondary N) is 1. The second-order valence-electron chi connectivity index (χ2n) is 7.42. The molecule has 0 bridgehead atoms. The van der Waals surface area contributed by atoms with E-state index < -0.39 is 10.0 Å². The summed E-state index contributed by atoms with van der Waals surface area (Å²) in [6, 6.07) is 14.8. The van der Waals surface area contributed by atoms with Gasteiger partial charge >= 0.3 is 0 Å². The van der Waals surface area contributed by atoms with Crippen molar-refractivity contribution in [2.75, 3.05) is 55.7 Å². The largest absolute Gasteiger partial charge is 0.369 e. The van der Waals surface area contributed by atoms with Crippen LogP contribution < -0.4 is 14.5 Å². The van der Waals surface area contributed by atoms with Crippen molar-refractivity contribution < 1.29 is 13.2 Å². The predicted molar refractivity (Wildman–Crippen MR) is 117 cm³/mol. The Bertz CT molecular complexity index is 952. The van der Waals surface area contributed by atoms with Crippen LogP contribution in [-0.2, 0) is 16.6 Å². The van der Waals surface area contributed by atoms with Crippen LogP contribution in [0.2, 0.25) is 0 Å². The summed E-state index contributed by atoms with van der Waals surface area (Å²) in [7, 11) is 0.228. The van der Waals surface area contributed by atoms with Crippen LogP contribution in [0.15, 0.2) is 48.5 Å². The van der Waals surface area contributed by atoms with Crippen molar-refractivity contribution in [2.24, 2.45) is 0 Å². The summed E-state index contributed by atoms with van der Waals surface area (Å²) in [5, 5.41) is 2.90. The number of likely N-dealkylation sites (N-methyl/N-ethyl adjacent to an activating group) is 1. The summed E-state index contributed by atoms with van der Waals surface area (Å²) in [5.41, 5.74) is 3.09. The topological polar surface area (TPSA) is 73.0 Å². The maximum absolute atomic E-state index is 12.5. The van der Waals surface area contributed by atoms with Crippen molar-refractivity contribution in [3.63, 3.8) is 0 Å². The van der Waals surface area contributed by atoms with Gasteiger partial charge in [-0.15, -0.1) is 0 Å². The maximum Gasteiger partial charge on any atom is 0.251 e. The molecule has 0 saturated carbocycles. The average Bonchev–Trinajstić information content (AvgIpc) is 2.72. The lowest BCUT2D eigenvalue weighted by molar-refractivity contribution is 0.0951. The molecule has 1 N–H and O–H groups in total. The normalized spacial score (nSPS) is 15.2. The number of amides is 1. The average molecular weight is 417 g/mol. The molecule has 8 heteroatoms. The molecule has 1 saturated heterocycles. The van der Waals surface area contributed by atoms with E-state index in [4.69, 9.17) is 0 Å². The molecule has 29 heavy (non-hydrogen) atoms. The predicted octanol–water partition coefficient (Wildman–Crippen LogP) is 1.76. The Kier molecular flexibility index (Phi) is 6.44. The highest BCUT2D eigenvalue weighted by Crippen LogP contribution is 2.19. The highest BCUT2D eigenvalue weighted by Gasteiger charge is 2.15. The molecule has 1 heterocycles. The lowest BCUT2D eigenvalue weighted by Crippen LogP contribution is -2.44. The molecular formula is C21H28N4O3S. The summed E-state index contributed by atoms with van der Waals surface area (Å²) in [6.07, 6.45) is 1.13. The Morgan fingerprint density at radius 2 is 1.72 bits per heavy atom. The number of anilines is 2. The van der Waals surface area contributed by atoms with Crippen LogP contribution in [0.25, 0.3) is 0 Å². The summed E-state index contributed by atoms with van der Waals surface area (Å²) >= 11 is 0. The SMILES string of the molecule is CN1CCN(c2ccc(CNC(=O)c3cccc(N(C)S(C)(=O)=O)c3)cc2)CC1. The number of piperazine rings is 1. The molecule has 1 fully saturated rings. The maximum atomic E-state index is 12.5. The van der Waals surface area contributed by atoms with Gasteiger partial charge in [-0.2, -0.15) is 0 Å². The van der Waals surface area contributed by atoms with Crippen molar-refractivity contribution in [1.82, 2.24) is 10.2 Å². The minimum Gasteiger partial charge on any atom is -0.369 e. The smallest absolute Gasteiger partial charge is 0.251 e. The molecule has 0 aliphatic carbocycles. The Morgan fingerprint density at radius 3 is 2.34 bits per heavy atom. The van der Waals surface area contributed by atoms with Crippen molar-refractivity contribution in [3.05, 3.63) is 59.7 Å². The Labute approximate surface area is 173 Å². The molecule has 0 spiro atoms. The van der Waals surface area contributed by atoms with Crippen LogP contribution in [0.4, 0.5) is 11.4 Å². The second kappa shape index (κ2) is 8.84. The van der Waals surface area contributed by atoms with Crippen LogP contribution in [0.5, 0.6) is 0 Å². The van der Waals surface area contributed by atoms with Gasteiger partial charge in [0.25, 0.3) is 5.91 Å². The minimum atomic E-state index is -3.38. The number of nitrogens with zero attached hydrogens (tertiary/aromatic N) is 3. The van der Waals surface area contributed by atoms with E-state index in [-0.39, 0.29) is 5.91 Å². The van der Waals surface area contributed by atoms with Crippen molar-refractivity contribution in [2.45, 2.75) is 6.54 Å². The van der Waals surface area contributed by atoms with Gasteiger partial charge in [-0.05, 0) is 42.9 Å². The van der Waals surface area contributed by atoms with Gasteiger partial charge in [-0.25, -0.2) is 8.42 Å². The van der Waals surface area contributed by atoms with Crippen LogP contribution in [0.3, 0.4) is 0 Å². The van der Waals surface area contributed by atoms with E-state index in [2.05, 4.69) is 34.3 Å². The molecule has 2 aromatic carbocycles. The fraction of sp³-hybridized carbons (Fsp3) is 0.381. The molecule has 7 nitrogen and oxygen atoms in total. The van der Waals surface area contributed by atoms with E-state index in [1.54, 1.807) is 24.3 Å². The number of hydrogen-bond acceptors (Lipinski definition) is 5. The molecule has 3 rings (SSSR count). The first-order valence-corrected chi connectivity index (χ1v) is 11.4. The number of hydrogen-bond donors (Lipinski definition) is 1. The quantitative estimate of drug-likeness (QED) is 0.777. The minimum absolute atomic E-state index is 0.239. The molecule has 1 aliphatic rings. The monoisotopic (exact) mass is 416 g/mol. The number of carbonyl (C=O) groups is 1. The third kappa shape index (κ3) is 5.48. The van der Waals surface area contributed by atoms with Crippen molar-refractivity contribution >= 4 is 27.3 Å². The molecule has 0 atom stereocenters. The summed E-state index contributed by atoms with van der Waals surface area (Å²) in [5.74, 6) is -0.239. The van der Waals surface area contributed by atoms with Crippen molar-refractivity contribution in [1.29, 1.82) is 0 Å². The summed E-state index contributed by atoms with van der Waals surface area (Å²) < 4.78 is 24.6. The second-order valence-corrected chi connectivity index (χ2v) is 9.43. The van der Waals surface area contributed by atoms with Crippen LogP contribution in [-0.4, -0.2) is 65.8 Å². The van der Waals surface area contributed by atoms with E-state index in [0.717, 1.165) is 42.3 Å². The van der Waals surface area contributed by atoms with E-state index in [9.17, 15) is 13.2 Å².